The molecule has 2 aliphatic rings. The lowest BCUT2D eigenvalue weighted by atomic mass is 9.87. The maximum atomic E-state index is 13.4. The Kier molecular flexibility index (Phi) is 3.49. The molecule has 2 aromatic carbocycles. The Bertz CT molecular complexity index is 901. The molecule has 4 heteroatoms. The number of anilines is 1. The summed E-state index contributed by atoms with van der Waals surface area (Å²) in [4.78, 5) is 27.2. The van der Waals surface area contributed by atoms with Crippen molar-refractivity contribution in [3.8, 4) is 0 Å². The third-order valence-electron chi connectivity index (χ3n) is 4.87. The van der Waals surface area contributed by atoms with E-state index in [9.17, 15) is 9.59 Å². The van der Waals surface area contributed by atoms with Crippen LogP contribution in [0.2, 0.25) is 0 Å². The molecule has 0 fully saturated rings. The Morgan fingerprint density at radius 2 is 1.88 bits per heavy atom. The summed E-state index contributed by atoms with van der Waals surface area (Å²) >= 11 is 0. The highest BCUT2D eigenvalue weighted by Gasteiger charge is 2.55. The van der Waals surface area contributed by atoms with Crippen LogP contribution < -0.4 is 4.90 Å². The van der Waals surface area contributed by atoms with Crippen molar-refractivity contribution in [2.75, 3.05) is 4.90 Å². The minimum atomic E-state index is -1.23. The molecule has 4 rings (SSSR count). The minimum absolute atomic E-state index is 0.0452. The Morgan fingerprint density at radius 3 is 2.60 bits per heavy atom. The Labute approximate surface area is 146 Å². The first kappa shape index (κ1) is 15.6. The van der Waals surface area contributed by atoms with Crippen LogP contribution in [-0.4, -0.2) is 11.7 Å². The van der Waals surface area contributed by atoms with Gasteiger partial charge in [0.15, 0.2) is 5.78 Å². The largest absolute Gasteiger partial charge is 0.480 e. The number of fused-ring (bicyclic) bond motifs is 2. The molecule has 0 radical (unpaired) electrons. The van der Waals surface area contributed by atoms with Crippen molar-refractivity contribution >= 4 is 17.4 Å². The SMILES string of the molecule is Cc1cc(C)c2c(c1)C1(CC(=O)C=CO1)C(=O)N2Cc1ccccc1. The smallest absolute Gasteiger partial charge is 0.276 e. The number of nitrogens with zero attached hydrogens (tertiary/aromatic N) is 1. The van der Waals surface area contributed by atoms with E-state index in [4.69, 9.17) is 4.74 Å². The number of hydrogen-bond donors (Lipinski definition) is 0. The predicted octanol–water partition coefficient (Wildman–Crippen LogP) is 3.55. The summed E-state index contributed by atoms with van der Waals surface area (Å²) in [5.41, 5.74) is 3.53. The van der Waals surface area contributed by atoms with Crippen LogP contribution in [-0.2, 0) is 26.5 Å². The van der Waals surface area contributed by atoms with Crippen LogP contribution in [0.5, 0.6) is 0 Å². The predicted molar refractivity (Wildman–Crippen MR) is 95.1 cm³/mol. The van der Waals surface area contributed by atoms with E-state index in [0.29, 0.717) is 6.54 Å². The molecular weight excluding hydrogens is 314 g/mol. The average Bonchev–Trinajstić information content (AvgIpc) is 2.79. The number of carbonyl (C=O) groups excluding carboxylic acids is 2. The molecule has 1 amide bonds. The normalized spacial score (nSPS) is 21.6. The Balaban J connectivity index is 1.87. The third-order valence-corrected chi connectivity index (χ3v) is 4.87. The van der Waals surface area contributed by atoms with Crippen molar-refractivity contribution < 1.29 is 14.3 Å². The maximum absolute atomic E-state index is 13.4. The lowest BCUT2D eigenvalue weighted by molar-refractivity contribution is -0.143. The number of aryl methyl sites for hydroxylation is 2. The van der Waals surface area contributed by atoms with Crippen LogP contribution >= 0.6 is 0 Å². The number of benzene rings is 2. The van der Waals surface area contributed by atoms with Gasteiger partial charge in [-0.15, -0.1) is 0 Å². The van der Waals surface area contributed by atoms with Gasteiger partial charge in [-0.1, -0.05) is 42.0 Å². The van der Waals surface area contributed by atoms with E-state index in [1.807, 2.05) is 50.2 Å². The van der Waals surface area contributed by atoms with Crippen molar-refractivity contribution in [1.82, 2.24) is 0 Å². The minimum Gasteiger partial charge on any atom is -0.480 e. The molecule has 2 aliphatic heterocycles. The van der Waals surface area contributed by atoms with Gasteiger partial charge >= 0.3 is 0 Å². The van der Waals surface area contributed by atoms with E-state index in [1.54, 1.807) is 4.90 Å². The zero-order valence-electron chi connectivity index (χ0n) is 14.3. The fourth-order valence-corrected chi connectivity index (χ4v) is 3.83. The summed E-state index contributed by atoms with van der Waals surface area (Å²) in [6.07, 6.45) is 2.79. The molecule has 0 bridgehead atoms. The molecule has 4 nitrogen and oxygen atoms in total. The molecule has 2 aromatic rings. The second-order valence-corrected chi connectivity index (χ2v) is 6.75. The van der Waals surface area contributed by atoms with Gasteiger partial charge < -0.3 is 9.64 Å². The molecule has 25 heavy (non-hydrogen) atoms. The Morgan fingerprint density at radius 1 is 1.12 bits per heavy atom. The van der Waals surface area contributed by atoms with Gasteiger partial charge in [0, 0.05) is 11.6 Å². The van der Waals surface area contributed by atoms with Crippen LogP contribution in [0.4, 0.5) is 5.69 Å². The van der Waals surface area contributed by atoms with Crippen LogP contribution in [0.15, 0.2) is 54.8 Å². The summed E-state index contributed by atoms with van der Waals surface area (Å²) in [6.45, 7) is 4.45. The van der Waals surface area contributed by atoms with E-state index in [-0.39, 0.29) is 18.1 Å². The fraction of sp³-hybridized carbons (Fsp3) is 0.238. The van der Waals surface area contributed by atoms with E-state index < -0.39 is 5.60 Å². The fourth-order valence-electron chi connectivity index (χ4n) is 3.83. The van der Waals surface area contributed by atoms with Gasteiger partial charge in [0.1, 0.15) is 0 Å². The van der Waals surface area contributed by atoms with Crippen molar-refractivity contribution in [3.63, 3.8) is 0 Å². The molecule has 126 valence electrons. The quantitative estimate of drug-likeness (QED) is 0.844. The standard InChI is InChI=1S/C21H19NO3/c1-14-10-15(2)19-18(11-14)21(12-17(23)8-9-25-21)20(24)22(19)13-16-6-4-3-5-7-16/h3-11H,12-13H2,1-2H3. The highest BCUT2D eigenvalue weighted by Crippen LogP contribution is 2.48. The topological polar surface area (TPSA) is 46.6 Å². The third kappa shape index (κ3) is 2.37. The molecular formula is C21H19NO3. The van der Waals surface area contributed by atoms with Crippen LogP contribution in [0.25, 0.3) is 0 Å². The summed E-state index contributed by atoms with van der Waals surface area (Å²) in [5, 5.41) is 0. The number of allylic oxidation sites excluding steroid dienone is 1. The van der Waals surface area contributed by atoms with E-state index in [2.05, 4.69) is 6.07 Å². The van der Waals surface area contributed by atoms with Gasteiger partial charge in [-0.05, 0) is 31.0 Å². The highest BCUT2D eigenvalue weighted by atomic mass is 16.5. The lowest BCUT2D eigenvalue weighted by Gasteiger charge is -2.29. The number of amides is 1. The number of ether oxygens (including phenoxy) is 1. The number of ketones is 1. The van der Waals surface area contributed by atoms with Gasteiger partial charge in [-0.25, -0.2) is 0 Å². The molecule has 0 saturated carbocycles. The average molecular weight is 333 g/mol. The molecule has 0 aromatic heterocycles. The van der Waals surface area contributed by atoms with Gasteiger partial charge in [0.2, 0.25) is 5.60 Å². The lowest BCUT2D eigenvalue weighted by Crippen LogP contribution is -2.44. The van der Waals surface area contributed by atoms with Crippen LogP contribution in [0, 0.1) is 13.8 Å². The zero-order valence-corrected chi connectivity index (χ0v) is 14.3. The maximum Gasteiger partial charge on any atom is 0.276 e. The zero-order chi connectivity index (χ0) is 17.6. The summed E-state index contributed by atoms with van der Waals surface area (Å²) < 4.78 is 5.82. The van der Waals surface area contributed by atoms with Gasteiger partial charge in [-0.2, -0.15) is 0 Å². The second-order valence-electron chi connectivity index (χ2n) is 6.75. The van der Waals surface area contributed by atoms with Gasteiger partial charge in [-0.3, -0.25) is 9.59 Å². The molecule has 0 saturated heterocycles. The van der Waals surface area contributed by atoms with Crippen molar-refractivity contribution in [1.29, 1.82) is 0 Å². The molecule has 1 atom stereocenters. The van der Waals surface area contributed by atoms with E-state index >= 15 is 0 Å². The summed E-state index contributed by atoms with van der Waals surface area (Å²) in [5.74, 6) is -0.260. The van der Waals surface area contributed by atoms with Crippen LogP contribution in [0.1, 0.15) is 28.7 Å². The van der Waals surface area contributed by atoms with Gasteiger partial charge in [0.25, 0.3) is 5.91 Å². The number of carbonyl (C=O) groups is 2. The van der Waals surface area contributed by atoms with Crippen molar-refractivity contribution in [3.05, 3.63) is 77.1 Å². The monoisotopic (exact) mass is 333 g/mol. The second kappa shape index (κ2) is 5.59. The van der Waals surface area contributed by atoms with Crippen molar-refractivity contribution in [2.45, 2.75) is 32.4 Å². The first-order valence-corrected chi connectivity index (χ1v) is 8.36. The number of hydrogen-bond acceptors (Lipinski definition) is 3. The molecule has 2 heterocycles. The molecule has 0 N–H and O–H groups in total. The van der Waals surface area contributed by atoms with Crippen LogP contribution in [0.3, 0.4) is 0 Å². The Hall–Kier alpha value is -2.88. The van der Waals surface area contributed by atoms with Crippen molar-refractivity contribution in [2.24, 2.45) is 0 Å². The van der Waals surface area contributed by atoms with E-state index in [1.165, 1.54) is 12.3 Å². The molecule has 0 aliphatic carbocycles. The highest BCUT2D eigenvalue weighted by molar-refractivity contribution is 6.11. The first-order valence-electron chi connectivity index (χ1n) is 8.36. The molecule has 1 unspecified atom stereocenters. The first-order chi connectivity index (χ1) is 12.0. The van der Waals surface area contributed by atoms with Gasteiger partial charge in [0.05, 0.1) is 24.9 Å². The number of rotatable bonds is 2. The van der Waals surface area contributed by atoms with E-state index in [0.717, 1.165) is 27.9 Å². The molecule has 1 spiro atoms. The summed E-state index contributed by atoms with van der Waals surface area (Å²) in [6, 6.07) is 13.9. The summed E-state index contributed by atoms with van der Waals surface area (Å²) in [7, 11) is 0.